The maximum Gasteiger partial charge on any atom is 0.233 e. The van der Waals surface area contributed by atoms with Gasteiger partial charge in [0, 0.05) is 21.7 Å². The maximum absolute atomic E-state index is 5.40. The number of halogens is 1. The summed E-state index contributed by atoms with van der Waals surface area (Å²) in [6.45, 7) is 0. The van der Waals surface area contributed by atoms with Crippen LogP contribution in [0.25, 0.3) is 0 Å². The van der Waals surface area contributed by atoms with Gasteiger partial charge >= 0.3 is 0 Å². The van der Waals surface area contributed by atoms with E-state index >= 15 is 0 Å². The van der Waals surface area contributed by atoms with Gasteiger partial charge in [-0.05, 0) is 24.3 Å². The number of nitrogens with one attached hydrogen (secondary N) is 1. The molecule has 0 aliphatic rings. The summed E-state index contributed by atoms with van der Waals surface area (Å²) in [4.78, 5) is 3.99. The van der Waals surface area contributed by atoms with E-state index in [2.05, 4.69) is 30.6 Å². The largest absolute Gasteiger partial charge is 0.367 e. The zero-order valence-electron chi connectivity index (χ0n) is 7.07. The van der Waals surface area contributed by atoms with Crippen molar-refractivity contribution in [3.05, 3.63) is 28.7 Å². The lowest BCUT2D eigenvalue weighted by atomic mass is 10.3. The van der Waals surface area contributed by atoms with Crippen LogP contribution < -0.4 is 11.1 Å². The Balaban J connectivity index is 2.15. The first kappa shape index (κ1) is 9.42. The molecule has 0 saturated carbocycles. The lowest BCUT2D eigenvalue weighted by Crippen LogP contribution is -1.90. The van der Waals surface area contributed by atoms with Crippen molar-refractivity contribution >= 4 is 44.2 Å². The van der Waals surface area contributed by atoms with E-state index in [0.29, 0.717) is 11.1 Å². The average molecular weight is 271 g/mol. The maximum atomic E-state index is 5.40. The van der Waals surface area contributed by atoms with Crippen molar-refractivity contribution in [2.75, 3.05) is 11.1 Å². The molecule has 0 aliphatic carbocycles. The summed E-state index contributed by atoms with van der Waals surface area (Å²) in [6.07, 6.45) is 0. The van der Waals surface area contributed by atoms with E-state index in [1.54, 1.807) is 0 Å². The van der Waals surface area contributed by atoms with E-state index in [-0.39, 0.29) is 0 Å². The average Bonchev–Trinajstić information content (AvgIpc) is 2.56. The fourth-order valence-electron chi connectivity index (χ4n) is 0.942. The molecule has 0 radical (unpaired) electrons. The van der Waals surface area contributed by atoms with Crippen LogP contribution in [0.3, 0.4) is 0 Å². The second kappa shape index (κ2) is 3.93. The first-order chi connectivity index (χ1) is 6.74. The summed E-state index contributed by atoms with van der Waals surface area (Å²) >= 11 is 4.60. The van der Waals surface area contributed by atoms with Crippen LogP contribution >= 0.6 is 27.5 Å². The molecule has 0 saturated heterocycles. The molecule has 0 bridgehead atoms. The van der Waals surface area contributed by atoms with Gasteiger partial charge in [-0.1, -0.05) is 15.9 Å². The molecule has 0 fully saturated rings. The van der Waals surface area contributed by atoms with Crippen molar-refractivity contribution in [1.82, 2.24) is 9.36 Å². The van der Waals surface area contributed by atoms with Crippen molar-refractivity contribution < 1.29 is 0 Å². The number of nitrogens with two attached hydrogens (primary N) is 1. The summed E-state index contributed by atoms with van der Waals surface area (Å²) in [7, 11) is 0. The number of hydrogen-bond donors (Lipinski definition) is 2. The van der Waals surface area contributed by atoms with Gasteiger partial charge in [0.15, 0.2) is 0 Å². The van der Waals surface area contributed by atoms with Crippen LogP contribution in [0.4, 0.5) is 16.8 Å². The summed E-state index contributed by atoms with van der Waals surface area (Å²) in [5, 5.41) is 3.79. The van der Waals surface area contributed by atoms with Crippen molar-refractivity contribution in [3.8, 4) is 0 Å². The zero-order chi connectivity index (χ0) is 9.97. The van der Waals surface area contributed by atoms with Gasteiger partial charge in [0.25, 0.3) is 0 Å². The normalized spacial score (nSPS) is 10.1. The number of benzene rings is 1. The molecule has 6 heteroatoms. The molecular formula is C8H7BrN4S. The van der Waals surface area contributed by atoms with Crippen LogP contribution in [-0.4, -0.2) is 9.36 Å². The van der Waals surface area contributed by atoms with E-state index < -0.39 is 0 Å². The highest BCUT2D eigenvalue weighted by atomic mass is 79.9. The van der Waals surface area contributed by atoms with Gasteiger partial charge in [-0.2, -0.15) is 9.36 Å². The van der Waals surface area contributed by atoms with E-state index in [1.165, 1.54) is 11.5 Å². The highest BCUT2D eigenvalue weighted by Gasteiger charge is 2.00. The molecule has 0 amide bonds. The van der Waals surface area contributed by atoms with Crippen LogP contribution in [0.2, 0.25) is 0 Å². The van der Waals surface area contributed by atoms with E-state index in [1.807, 2.05) is 24.3 Å². The van der Waals surface area contributed by atoms with Gasteiger partial charge in [0.1, 0.15) is 0 Å². The second-order valence-corrected chi connectivity index (χ2v) is 4.26. The highest BCUT2D eigenvalue weighted by Crippen LogP contribution is 2.20. The highest BCUT2D eigenvalue weighted by molar-refractivity contribution is 9.10. The third-order valence-corrected chi connectivity index (χ3v) is 2.71. The number of rotatable bonds is 2. The minimum atomic E-state index is 0.301. The van der Waals surface area contributed by atoms with Gasteiger partial charge in [-0.15, -0.1) is 0 Å². The van der Waals surface area contributed by atoms with E-state index in [9.17, 15) is 0 Å². The van der Waals surface area contributed by atoms with Gasteiger partial charge in [-0.25, -0.2) is 0 Å². The molecule has 72 valence electrons. The number of aromatic nitrogens is 2. The van der Waals surface area contributed by atoms with E-state index in [0.717, 1.165) is 10.2 Å². The van der Waals surface area contributed by atoms with Gasteiger partial charge in [0.2, 0.25) is 11.1 Å². The summed E-state index contributed by atoms with van der Waals surface area (Å²) < 4.78 is 4.91. The van der Waals surface area contributed by atoms with Gasteiger partial charge < -0.3 is 11.1 Å². The standard InChI is InChI=1S/C8H7BrN4S/c9-5-1-3-6(4-2-5)11-8-12-7(10)13-14-8/h1-4H,(H3,10,11,12,13). The van der Waals surface area contributed by atoms with Crippen LogP contribution in [0, 0.1) is 0 Å². The third kappa shape index (κ3) is 2.21. The van der Waals surface area contributed by atoms with E-state index in [4.69, 9.17) is 5.73 Å². The fourth-order valence-corrected chi connectivity index (χ4v) is 1.73. The van der Waals surface area contributed by atoms with Crippen molar-refractivity contribution in [1.29, 1.82) is 0 Å². The molecule has 1 aromatic carbocycles. The smallest absolute Gasteiger partial charge is 0.233 e. The molecule has 0 atom stereocenters. The number of anilines is 3. The summed E-state index contributed by atoms with van der Waals surface area (Å²) in [5.74, 6) is 0.301. The molecule has 0 unspecified atom stereocenters. The topological polar surface area (TPSA) is 63.8 Å². The van der Waals surface area contributed by atoms with Crippen molar-refractivity contribution in [2.45, 2.75) is 0 Å². The molecule has 1 heterocycles. The Kier molecular flexibility index (Phi) is 2.64. The number of nitrogen functional groups attached to an aromatic ring is 1. The summed E-state index contributed by atoms with van der Waals surface area (Å²) in [6, 6.07) is 7.79. The molecule has 2 aromatic rings. The lowest BCUT2D eigenvalue weighted by Gasteiger charge is -2.00. The molecule has 0 spiro atoms. The fraction of sp³-hybridized carbons (Fsp3) is 0. The van der Waals surface area contributed by atoms with Gasteiger partial charge in [0.05, 0.1) is 0 Å². The minimum Gasteiger partial charge on any atom is -0.367 e. The van der Waals surface area contributed by atoms with Gasteiger partial charge in [-0.3, -0.25) is 0 Å². The second-order valence-electron chi connectivity index (χ2n) is 2.59. The Morgan fingerprint density at radius 2 is 2.00 bits per heavy atom. The Hall–Kier alpha value is -1.14. The van der Waals surface area contributed by atoms with Crippen molar-refractivity contribution in [2.24, 2.45) is 0 Å². The molecule has 2 rings (SSSR count). The third-order valence-electron chi connectivity index (χ3n) is 1.54. The SMILES string of the molecule is Nc1nsc(Nc2ccc(Br)cc2)n1. The van der Waals surface area contributed by atoms with Crippen molar-refractivity contribution in [3.63, 3.8) is 0 Å². The number of nitrogens with zero attached hydrogens (tertiary/aromatic N) is 2. The first-order valence-electron chi connectivity index (χ1n) is 3.86. The van der Waals surface area contributed by atoms with Crippen LogP contribution in [0.1, 0.15) is 0 Å². The summed E-state index contributed by atoms with van der Waals surface area (Å²) in [5.41, 5.74) is 6.36. The monoisotopic (exact) mass is 270 g/mol. The van der Waals surface area contributed by atoms with Crippen LogP contribution in [0.5, 0.6) is 0 Å². The predicted molar refractivity (Wildman–Crippen MR) is 61.7 cm³/mol. The zero-order valence-corrected chi connectivity index (χ0v) is 9.47. The molecule has 3 N–H and O–H groups in total. The number of hydrogen-bond acceptors (Lipinski definition) is 5. The predicted octanol–water partition coefficient (Wildman–Crippen LogP) is 2.63. The minimum absolute atomic E-state index is 0.301. The van der Waals surface area contributed by atoms with Crippen LogP contribution in [0.15, 0.2) is 28.7 Å². The van der Waals surface area contributed by atoms with Crippen LogP contribution in [-0.2, 0) is 0 Å². The molecular weight excluding hydrogens is 264 g/mol. The molecule has 0 aliphatic heterocycles. The Morgan fingerprint density at radius 1 is 1.29 bits per heavy atom. The molecule has 4 nitrogen and oxygen atoms in total. The first-order valence-corrected chi connectivity index (χ1v) is 5.42. The Labute approximate surface area is 93.5 Å². The quantitative estimate of drug-likeness (QED) is 0.881. The lowest BCUT2D eigenvalue weighted by molar-refractivity contribution is 1.33. The Bertz CT molecular complexity index is 425. The Morgan fingerprint density at radius 3 is 2.57 bits per heavy atom. The molecule has 14 heavy (non-hydrogen) atoms. The molecule has 1 aromatic heterocycles.